The van der Waals surface area contributed by atoms with Crippen molar-refractivity contribution >= 4 is 21.4 Å². The summed E-state index contributed by atoms with van der Waals surface area (Å²) in [5.41, 5.74) is -0.986. The summed E-state index contributed by atoms with van der Waals surface area (Å²) < 4.78 is 60.7. The highest BCUT2D eigenvalue weighted by molar-refractivity contribution is 7.92. The van der Waals surface area contributed by atoms with E-state index in [0.717, 1.165) is 24.5 Å². The molecule has 0 aromatic heterocycles. The number of amides is 1. The third-order valence-corrected chi connectivity index (χ3v) is 6.00. The predicted molar refractivity (Wildman–Crippen MR) is 79.8 cm³/mol. The van der Waals surface area contributed by atoms with Crippen molar-refractivity contribution < 1.29 is 26.4 Å². The number of rotatable bonds is 3. The van der Waals surface area contributed by atoms with Crippen LogP contribution < -0.4 is 10.6 Å². The van der Waals surface area contributed by atoms with E-state index in [0.29, 0.717) is 13.1 Å². The molecule has 1 heterocycles. The number of carbonyl (C=O) groups excluding carboxylic acids is 1. The first kappa shape index (κ1) is 17.7. The lowest BCUT2D eigenvalue weighted by Crippen LogP contribution is -2.55. The van der Waals surface area contributed by atoms with E-state index in [-0.39, 0.29) is 18.5 Å². The first-order valence-electron chi connectivity index (χ1n) is 6.95. The minimum Gasteiger partial charge on any atom is -0.325 e. The fourth-order valence-electron chi connectivity index (χ4n) is 2.62. The molecule has 23 heavy (non-hydrogen) atoms. The van der Waals surface area contributed by atoms with Crippen molar-refractivity contribution in [2.75, 3.05) is 24.7 Å². The molecule has 0 saturated carbocycles. The van der Waals surface area contributed by atoms with Gasteiger partial charge in [0.2, 0.25) is 5.91 Å². The highest BCUT2D eigenvalue weighted by Gasteiger charge is 2.48. The number of alkyl halides is 3. The van der Waals surface area contributed by atoms with Crippen molar-refractivity contribution in [3.05, 3.63) is 29.8 Å². The van der Waals surface area contributed by atoms with Crippen LogP contribution in [0.1, 0.15) is 18.4 Å². The van der Waals surface area contributed by atoms with Gasteiger partial charge in [-0.15, -0.1) is 0 Å². The van der Waals surface area contributed by atoms with Crippen LogP contribution in [0.5, 0.6) is 0 Å². The average molecular weight is 350 g/mol. The zero-order valence-corrected chi connectivity index (χ0v) is 13.2. The second kappa shape index (κ2) is 6.12. The van der Waals surface area contributed by atoms with E-state index in [9.17, 15) is 26.4 Å². The summed E-state index contributed by atoms with van der Waals surface area (Å²) in [7, 11) is -3.72. The molecule has 1 saturated heterocycles. The average Bonchev–Trinajstić information content (AvgIpc) is 2.46. The summed E-state index contributed by atoms with van der Waals surface area (Å²) in [6.07, 6.45) is -3.40. The van der Waals surface area contributed by atoms with Crippen molar-refractivity contribution in [2.24, 2.45) is 0 Å². The Bertz CT molecular complexity index is 695. The van der Waals surface area contributed by atoms with Gasteiger partial charge in [0.15, 0.2) is 14.6 Å². The molecular weight excluding hydrogens is 333 g/mol. The molecule has 0 atom stereocenters. The number of nitrogens with one attached hydrogen (secondary N) is 2. The van der Waals surface area contributed by atoms with Crippen LogP contribution in [0.25, 0.3) is 0 Å². The molecule has 1 fully saturated rings. The summed E-state index contributed by atoms with van der Waals surface area (Å²) in [6, 6.07) is 4.12. The van der Waals surface area contributed by atoms with E-state index in [1.807, 2.05) is 0 Å². The van der Waals surface area contributed by atoms with E-state index >= 15 is 0 Å². The molecule has 0 aliphatic carbocycles. The molecule has 128 valence electrons. The largest absolute Gasteiger partial charge is 0.416 e. The van der Waals surface area contributed by atoms with E-state index in [1.165, 1.54) is 6.07 Å². The van der Waals surface area contributed by atoms with Crippen LogP contribution in [0.2, 0.25) is 0 Å². The van der Waals surface area contributed by atoms with Gasteiger partial charge in [0.05, 0.1) is 5.56 Å². The second-order valence-electron chi connectivity index (χ2n) is 5.55. The molecule has 1 aromatic rings. The Morgan fingerprint density at radius 3 is 2.39 bits per heavy atom. The number of hydrogen-bond donors (Lipinski definition) is 2. The van der Waals surface area contributed by atoms with Gasteiger partial charge in [-0.25, -0.2) is 8.42 Å². The van der Waals surface area contributed by atoms with Crippen molar-refractivity contribution in [1.29, 1.82) is 0 Å². The van der Waals surface area contributed by atoms with Gasteiger partial charge >= 0.3 is 6.18 Å². The first-order chi connectivity index (χ1) is 10.6. The molecule has 5 nitrogen and oxygen atoms in total. The summed E-state index contributed by atoms with van der Waals surface area (Å²) in [5, 5.41) is 5.29. The van der Waals surface area contributed by atoms with Gasteiger partial charge in [-0.05, 0) is 44.1 Å². The molecular formula is C14H17F3N2O3S. The Labute approximate surface area is 132 Å². The smallest absolute Gasteiger partial charge is 0.325 e. The Morgan fingerprint density at radius 1 is 1.26 bits per heavy atom. The third kappa shape index (κ3) is 3.66. The molecule has 1 aromatic carbocycles. The number of carbonyl (C=O) groups is 1. The topological polar surface area (TPSA) is 75.3 Å². The van der Waals surface area contributed by atoms with Crippen LogP contribution in [0.15, 0.2) is 24.3 Å². The lowest BCUT2D eigenvalue weighted by Gasteiger charge is -2.34. The highest BCUT2D eigenvalue weighted by atomic mass is 32.2. The van der Waals surface area contributed by atoms with Gasteiger partial charge in [0.1, 0.15) is 0 Å². The first-order valence-corrected chi connectivity index (χ1v) is 8.84. The standard InChI is InChI=1S/C14H17F3N2O3S/c1-23(21,22)13(5-7-18-8-6-13)12(20)19-11-4-2-3-10(9-11)14(15,16)17/h2-4,9,18H,5-8H2,1H3,(H,19,20). The Kier molecular flexibility index (Phi) is 4.72. The van der Waals surface area contributed by atoms with Crippen LogP contribution in [0.4, 0.5) is 18.9 Å². The van der Waals surface area contributed by atoms with Gasteiger partial charge in [-0.2, -0.15) is 13.2 Å². The Morgan fingerprint density at radius 2 is 1.87 bits per heavy atom. The van der Waals surface area contributed by atoms with Crippen molar-refractivity contribution in [1.82, 2.24) is 5.32 Å². The number of hydrogen-bond acceptors (Lipinski definition) is 4. The number of benzene rings is 1. The SMILES string of the molecule is CS(=O)(=O)C1(C(=O)Nc2cccc(C(F)(F)F)c2)CCNCC1. The minimum atomic E-state index is -4.54. The van der Waals surface area contributed by atoms with Gasteiger partial charge in [-0.3, -0.25) is 4.79 Å². The Hall–Kier alpha value is -1.61. The second-order valence-corrected chi connectivity index (χ2v) is 7.87. The van der Waals surface area contributed by atoms with Crippen LogP contribution in [-0.4, -0.2) is 38.4 Å². The normalized spacial score (nSPS) is 18.4. The predicted octanol–water partition coefficient (Wildman–Crippen LogP) is 1.81. The molecule has 1 amide bonds. The van der Waals surface area contributed by atoms with Crippen LogP contribution in [0.3, 0.4) is 0 Å². The van der Waals surface area contributed by atoms with E-state index in [4.69, 9.17) is 0 Å². The van der Waals surface area contributed by atoms with Gasteiger partial charge < -0.3 is 10.6 Å². The summed E-state index contributed by atoms with van der Waals surface area (Å²) in [6.45, 7) is 0.701. The van der Waals surface area contributed by atoms with Crippen molar-refractivity contribution in [3.8, 4) is 0 Å². The van der Waals surface area contributed by atoms with E-state index in [1.54, 1.807) is 0 Å². The van der Waals surface area contributed by atoms with Crippen LogP contribution >= 0.6 is 0 Å². The maximum Gasteiger partial charge on any atom is 0.416 e. The molecule has 2 N–H and O–H groups in total. The monoisotopic (exact) mass is 350 g/mol. The van der Waals surface area contributed by atoms with Crippen LogP contribution in [0, 0.1) is 0 Å². The maximum atomic E-state index is 12.7. The lowest BCUT2D eigenvalue weighted by atomic mass is 9.95. The maximum absolute atomic E-state index is 12.7. The van der Waals surface area contributed by atoms with E-state index in [2.05, 4.69) is 10.6 Å². The van der Waals surface area contributed by atoms with Gasteiger partial charge in [0.25, 0.3) is 0 Å². The molecule has 2 rings (SSSR count). The Balaban J connectivity index is 2.30. The molecule has 1 aliphatic rings. The minimum absolute atomic E-state index is 0.0774. The molecule has 1 aliphatic heterocycles. The van der Waals surface area contributed by atoms with E-state index < -0.39 is 32.2 Å². The molecule has 0 radical (unpaired) electrons. The van der Waals surface area contributed by atoms with Gasteiger partial charge in [0, 0.05) is 11.9 Å². The van der Waals surface area contributed by atoms with Crippen LogP contribution in [-0.2, 0) is 20.8 Å². The highest BCUT2D eigenvalue weighted by Crippen LogP contribution is 2.32. The molecule has 0 bridgehead atoms. The zero-order chi connectivity index (χ0) is 17.3. The third-order valence-electron chi connectivity index (χ3n) is 3.98. The lowest BCUT2D eigenvalue weighted by molar-refractivity contribution is -0.137. The fraction of sp³-hybridized carbons (Fsp3) is 0.500. The quantitative estimate of drug-likeness (QED) is 0.872. The number of anilines is 1. The van der Waals surface area contributed by atoms with Crippen molar-refractivity contribution in [2.45, 2.75) is 23.8 Å². The number of piperidine rings is 1. The van der Waals surface area contributed by atoms with Gasteiger partial charge in [-0.1, -0.05) is 6.07 Å². The number of sulfone groups is 1. The summed E-state index contributed by atoms with van der Waals surface area (Å²) in [4.78, 5) is 12.5. The fourth-order valence-corrected chi connectivity index (χ4v) is 3.95. The molecule has 9 heteroatoms. The zero-order valence-electron chi connectivity index (χ0n) is 12.4. The number of halogens is 3. The molecule has 0 unspecified atom stereocenters. The molecule has 0 spiro atoms. The summed E-state index contributed by atoms with van der Waals surface area (Å²) >= 11 is 0. The summed E-state index contributed by atoms with van der Waals surface area (Å²) in [5.74, 6) is -0.791. The van der Waals surface area contributed by atoms with Crippen molar-refractivity contribution in [3.63, 3.8) is 0 Å².